The standard InChI is InChI=1S/C13H17BrO2/c1-13(2,3)8-11(15)9-16-12-6-4-5-10(14)7-12/h4-7H,8-9H2,1-3H3. The Morgan fingerprint density at radius 2 is 2.06 bits per heavy atom. The summed E-state index contributed by atoms with van der Waals surface area (Å²) in [7, 11) is 0. The summed E-state index contributed by atoms with van der Waals surface area (Å²) in [4.78, 5) is 11.6. The Labute approximate surface area is 105 Å². The summed E-state index contributed by atoms with van der Waals surface area (Å²) in [5, 5.41) is 0. The Hall–Kier alpha value is -0.830. The van der Waals surface area contributed by atoms with Crippen molar-refractivity contribution >= 4 is 21.7 Å². The van der Waals surface area contributed by atoms with Crippen LogP contribution in [0.5, 0.6) is 5.75 Å². The first-order valence-corrected chi connectivity index (χ1v) is 6.06. The fourth-order valence-electron chi connectivity index (χ4n) is 1.36. The lowest BCUT2D eigenvalue weighted by atomic mass is 9.90. The summed E-state index contributed by atoms with van der Waals surface area (Å²) in [6.07, 6.45) is 0.543. The lowest BCUT2D eigenvalue weighted by Gasteiger charge is -2.16. The van der Waals surface area contributed by atoms with Crippen LogP contribution in [0.2, 0.25) is 0 Å². The van der Waals surface area contributed by atoms with Crippen molar-refractivity contribution in [3.63, 3.8) is 0 Å². The Balaban J connectivity index is 2.43. The van der Waals surface area contributed by atoms with E-state index >= 15 is 0 Å². The fourth-order valence-corrected chi connectivity index (χ4v) is 1.74. The summed E-state index contributed by atoms with van der Waals surface area (Å²) >= 11 is 3.35. The lowest BCUT2D eigenvalue weighted by Crippen LogP contribution is -2.18. The van der Waals surface area contributed by atoms with Crippen LogP contribution in [0.15, 0.2) is 28.7 Å². The van der Waals surface area contributed by atoms with E-state index in [2.05, 4.69) is 15.9 Å². The molecule has 2 nitrogen and oxygen atoms in total. The monoisotopic (exact) mass is 284 g/mol. The van der Waals surface area contributed by atoms with Crippen molar-refractivity contribution in [2.75, 3.05) is 6.61 Å². The van der Waals surface area contributed by atoms with Crippen molar-refractivity contribution in [1.29, 1.82) is 0 Å². The van der Waals surface area contributed by atoms with Crippen LogP contribution in [-0.2, 0) is 4.79 Å². The molecule has 16 heavy (non-hydrogen) atoms. The van der Waals surface area contributed by atoms with E-state index in [0.29, 0.717) is 6.42 Å². The Morgan fingerprint density at radius 1 is 1.38 bits per heavy atom. The molecule has 0 aliphatic heterocycles. The number of Topliss-reactive ketones (excluding diaryl/α,β-unsaturated/α-hetero) is 1. The zero-order valence-electron chi connectivity index (χ0n) is 9.92. The maximum atomic E-state index is 11.6. The number of benzene rings is 1. The molecule has 0 fully saturated rings. The largest absolute Gasteiger partial charge is 0.486 e. The van der Waals surface area contributed by atoms with E-state index in [-0.39, 0.29) is 17.8 Å². The van der Waals surface area contributed by atoms with Crippen molar-refractivity contribution in [2.45, 2.75) is 27.2 Å². The summed E-state index contributed by atoms with van der Waals surface area (Å²) in [5.74, 6) is 0.851. The van der Waals surface area contributed by atoms with Crippen LogP contribution in [0.4, 0.5) is 0 Å². The molecule has 0 spiro atoms. The minimum atomic E-state index is 0.0255. The molecule has 0 aliphatic rings. The van der Waals surface area contributed by atoms with Gasteiger partial charge in [0.05, 0.1) is 0 Å². The molecule has 0 bridgehead atoms. The summed E-state index contributed by atoms with van der Waals surface area (Å²) < 4.78 is 6.37. The van der Waals surface area contributed by atoms with Crippen LogP contribution in [-0.4, -0.2) is 12.4 Å². The highest BCUT2D eigenvalue weighted by molar-refractivity contribution is 9.10. The summed E-state index contributed by atoms with van der Waals surface area (Å²) in [5.41, 5.74) is 0.0255. The molecule has 0 unspecified atom stereocenters. The van der Waals surface area contributed by atoms with Crippen molar-refractivity contribution in [3.05, 3.63) is 28.7 Å². The first kappa shape index (κ1) is 13.2. The zero-order valence-corrected chi connectivity index (χ0v) is 11.5. The van der Waals surface area contributed by atoms with Gasteiger partial charge in [0.25, 0.3) is 0 Å². The topological polar surface area (TPSA) is 26.3 Å². The number of rotatable bonds is 4. The number of carbonyl (C=O) groups is 1. The number of ketones is 1. The highest BCUT2D eigenvalue weighted by Gasteiger charge is 2.16. The van der Waals surface area contributed by atoms with Gasteiger partial charge < -0.3 is 4.74 Å². The van der Waals surface area contributed by atoms with E-state index in [0.717, 1.165) is 10.2 Å². The molecule has 0 N–H and O–H groups in total. The minimum absolute atomic E-state index is 0.0255. The molecule has 3 heteroatoms. The van der Waals surface area contributed by atoms with Crippen molar-refractivity contribution < 1.29 is 9.53 Å². The number of hydrogen-bond acceptors (Lipinski definition) is 2. The SMILES string of the molecule is CC(C)(C)CC(=O)COc1cccc(Br)c1. The van der Waals surface area contributed by atoms with Gasteiger partial charge in [-0.05, 0) is 23.6 Å². The third-order valence-electron chi connectivity index (χ3n) is 1.92. The highest BCUT2D eigenvalue weighted by atomic mass is 79.9. The lowest BCUT2D eigenvalue weighted by molar-refractivity contribution is -0.122. The first-order valence-electron chi connectivity index (χ1n) is 5.27. The normalized spacial score (nSPS) is 11.2. The molecule has 0 radical (unpaired) electrons. The van der Waals surface area contributed by atoms with Gasteiger partial charge in [0, 0.05) is 10.9 Å². The van der Waals surface area contributed by atoms with Gasteiger partial charge >= 0.3 is 0 Å². The Bertz CT molecular complexity index is 366. The summed E-state index contributed by atoms with van der Waals surface area (Å²) in [6.45, 7) is 6.28. The molecule has 0 atom stereocenters. The van der Waals surface area contributed by atoms with E-state index in [1.165, 1.54) is 0 Å². The van der Waals surface area contributed by atoms with Crippen LogP contribution in [0.3, 0.4) is 0 Å². The molecule has 0 saturated carbocycles. The maximum absolute atomic E-state index is 11.6. The molecule has 0 saturated heterocycles. The average Bonchev–Trinajstić information content (AvgIpc) is 2.12. The first-order chi connectivity index (χ1) is 7.37. The molecule has 88 valence electrons. The molecule has 0 amide bonds. The van der Waals surface area contributed by atoms with Crippen LogP contribution in [0.25, 0.3) is 0 Å². The van der Waals surface area contributed by atoms with Crippen LogP contribution < -0.4 is 4.74 Å². The van der Waals surface area contributed by atoms with E-state index in [1.807, 2.05) is 45.0 Å². The average molecular weight is 285 g/mol. The van der Waals surface area contributed by atoms with Gasteiger partial charge in [0.2, 0.25) is 0 Å². The predicted octanol–water partition coefficient (Wildman–Crippen LogP) is 3.83. The molecular formula is C13H17BrO2. The van der Waals surface area contributed by atoms with E-state index in [9.17, 15) is 4.79 Å². The van der Waals surface area contributed by atoms with Gasteiger partial charge in [0.1, 0.15) is 12.4 Å². The number of halogens is 1. The van der Waals surface area contributed by atoms with Gasteiger partial charge in [0.15, 0.2) is 5.78 Å². The van der Waals surface area contributed by atoms with Crippen molar-refractivity contribution in [1.82, 2.24) is 0 Å². The van der Waals surface area contributed by atoms with Gasteiger partial charge in [-0.3, -0.25) is 4.79 Å². The van der Waals surface area contributed by atoms with Crippen LogP contribution in [0.1, 0.15) is 27.2 Å². The Kier molecular flexibility index (Phi) is 4.54. The molecule has 0 aromatic heterocycles. The second-order valence-electron chi connectivity index (χ2n) is 5.02. The van der Waals surface area contributed by atoms with Crippen LogP contribution >= 0.6 is 15.9 Å². The second kappa shape index (κ2) is 5.48. The number of carbonyl (C=O) groups excluding carboxylic acids is 1. The number of ether oxygens (including phenoxy) is 1. The van der Waals surface area contributed by atoms with E-state index in [4.69, 9.17) is 4.74 Å². The third-order valence-corrected chi connectivity index (χ3v) is 2.42. The fraction of sp³-hybridized carbons (Fsp3) is 0.462. The van der Waals surface area contributed by atoms with E-state index < -0.39 is 0 Å². The minimum Gasteiger partial charge on any atom is -0.486 e. The van der Waals surface area contributed by atoms with Gasteiger partial charge in [-0.1, -0.05) is 42.8 Å². The van der Waals surface area contributed by atoms with Gasteiger partial charge in [-0.25, -0.2) is 0 Å². The highest BCUT2D eigenvalue weighted by Crippen LogP contribution is 2.20. The molecule has 1 rings (SSSR count). The van der Waals surface area contributed by atoms with E-state index in [1.54, 1.807) is 0 Å². The zero-order chi connectivity index (χ0) is 12.2. The molecule has 0 heterocycles. The van der Waals surface area contributed by atoms with Crippen molar-refractivity contribution in [2.24, 2.45) is 5.41 Å². The van der Waals surface area contributed by atoms with Crippen molar-refractivity contribution in [3.8, 4) is 5.75 Å². The molecule has 1 aromatic carbocycles. The Morgan fingerprint density at radius 3 is 2.62 bits per heavy atom. The quantitative estimate of drug-likeness (QED) is 0.840. The van der Waals surface area contributed by atoms with Crippen LogP contribution in [0, 0.1) is 5.41 Å². The van der Waals surface area contributed by atoms with Gasteiger partial charge in [-0.15, -0.1) is 0 Å². The third kappa shape index (κ3) is 5.31. The second-order valence-corrected chi connectivity index (χ2v) is 5.94. The molecule has 0 aliphatic carbocycles. The molecular weight excluding hydrogens is 268 g/mol. The smallest absolute Gasteiger partial charge is 0.170 e. The van der Waals surface area contributed by atoms with Gasteiger partial charge in [-0.2, -0.15) is 0 Å². The predicted molar refractivity (Wildman–Crippen MR) is 68.7 cm³/mol. The summed E-state index contributed by atoms with van der Waals surface area (Å²) in [6, 6.07) is 7.50. The molecule has 1 aromatic rings. The number of hydrogen-bond donors (Lipinski definition) is 0. The maximum Gasteiger partial charge on any atom is 0.170 e.